The second-order valence-corrected chi connectivity index (χ2v) is 5.50. The van der Waals surface area contributed by atoms with Crippen LogP contribution in [0.1, 0.15) is 32.3 Å². The molecule has 0 aliphatic carbocycles. The highest BCUT2D eigenvalue weighted by Gasteiger charge is 2.08. The van der Waals surface area contributed by atoms with Gasteiger partial charge in [0, 0.05) is 10.5 Å². The van der Waals surface area contributed by atoms with E-state index in [9.17, 15) is 0 Å². The van der Waals surface area contributed by atoms with Crippen molar-refractivity contribution in [2.75, 3.05) is 6.54 Å². The third kappa shape index (κ3) is 6.04. The Balaban J connectivity index is 2.53. The largest absolute Gasteiger partial charge is 0.314 e. The van der Waals surface area contributed by atoms with Crippen molar-refractivity contribution in [3.63, 3.8) is 0 Å². The first kappa shape index (κ1) is 14.5. The van der Waals surface area contributed by atoms with Crippen LogP contribution in [0.3, 0.4) is 0 Å². The van der Waals surface area contributed by atoms with Crippen molar-refractivity contribution in [1.29, 1.82) is 0 Å². The minimum Gasteiger partial charge on any atom is -0.314 e. The van der Waals surface area contributed by atoms with Gasteiger partial charge in [0.25, 0.3) is 0 Å². The molecule has 17 heavy (non-hydrogen) atoms. The summed E-state index contributed by atoms with van der Waals surface area (Å²) in [6, 6.07) is 9.15. The number of nitrogens with one attached hydrogen (secondary N) is 1. The van der Waals surface area contributed by atoms with Gasteiger partial charge in [0.15, 0.2) is 0 Å². The van der Waals surface area contributed by atoms with Crippen molar-refractivity contribution in [2.24, 2.45) is 0 Å². The topological polar surface area (TPSA) is 12.0 Å². The van der Waals surface area contributed by atoms with Crippen LogP contribution in [-0.4, -0.2) is 12.6 Å². The third-order valence-electron chi connectivity index (χ3n) is 2.81. The molecule has 0 saturated carbocycles. The molecule has 0 fully saturated rings. The van der Waals surface area contributed by atoms with Gasteiger partial charge in [-0.15, -0.1) is 6.58 Å². The van der Waals surface area contributed by atoms with E-state index in [0.717, 1.165) is 23.9 Å². The smallest absolute Gasteiger partial charge is 0.0175 e. The van der Waals surface area contributed by atoms with Crippen LogP contribution in [0.25, 0.3) is 0 Å². The molecule has 0 heterocycles. The van der Waals surface area contributed by atoms with Gasteiger partial charge in [-0.1, -0.05) is 40.6 Å². The summed E-state index contributed by atoms with van der Waals surface area (Å²) < 4.78 is 1.14. The van der Waals surface area contributed by atoms with Gasteiger partial charge in [-0.25, -0.2) is 0 Å². The molecule has 0 aliphatic rings. The molecule has 1 unspecified atom stereocenters. The van der Waals surface area contributed by atoms with E-state index in [2.05, 4.69) is 65.9 Å². The molecule has 0 amide bonds. The summed E-state index contributed by atoms with van der Waals surface area (Å²) in [6.07, 6.45) is 3.36. The maximum absolute atomic E-state index is 3.97. The minimum absolute atomic E-state index is 0.554. The summed E-state index contributed by atoms with van der Waals surface area (Å²) >= 11 is 3.46. The zero-order chi connectivity index (χ0) is 12.7. The molecule has 1 aromatic carbocycles. The Kier molecular flexibility index (Phi) is 6.53. The van der Waals surface area contributed by atoms with E-state index >= 15 is 0 Å². The molecule has 0 aliphatic heterocycles. The van der Waals surface area contributed by atoms with E-state index < -0.39 is 0 Å². The van der Waals surface area contributed by atoms with Gasteiger partial charge in [-0.2, -0.15) is 0 Å². The Bertz CT molecular complexity index is 342. The molecule has 0 saturated heterocycles. The monoisotopic (exact) mass is 295 g/mol. The molecule has 0 bridgehead atoms. The zero-order valence-electron chi connectivity index (χ0n) is 10.8. The molecule has 2 heteroatoms. The van der Waals surface area contributed by atoms with Crippen LogP contribution in [-0.2, 0) is 6.42 Å². The van der Waals surface area contributed by atoms with E-state index in [1.807, 2.05) is 0 Å². The van der Waals surface area contributed by atoms with Crippen LogP contribution in [0.4, 0.5) is 0 Å². The summed E-state index contributed by atoms with van der Waals surface area (Å²) in [5.74, 6) is 0. The SMILES string of the molecule is C=C(C)CCC(Cc1ccc(Br)cc1)NCC. The lowest BCUT2D eigenvalue weighted by molar-refractivity contribution is 0.490. The molecule has 0 radical (unpaired) electrons. The summed E-state index contributed by atoms with van der Waals surface area (Å²) in [7, 11) is 0. The number of rotatable bonds is 7. The number of hydrogen-bond donors (Lipinski definition) is 1. The highest BCUT2D eigenvalue weighted by Crippen LogP contribution is 2.14. The van der Waals surface area contributed by atoms with E-state index in [4.69, 9.17) is 0 Å². The van der Waals surface area contributed by atoms with Crippen LogP contribution in [0.15, 0.2) is 40.9 Å². The Hall–Kier alpha value is -0.600. The Morgan fingerprint density at radius 3 is 2.53 bits per heavy atom. The maximum atomic E-state index is 3.97. The summed E-state index contributed by atoms with van der Waals surface area (Å²) in [5, 5.41) is 3.55. The summed E-state index contributed by atoms with van der Waals surface area (Å²) in [6.45, 7) is 9.26. The third-order valence-corrected chi connectivity index (χ3v) is 3.34. The first-order chi connectivity index (χ1) is 8.11. The van der Waals surface area contributed by atoms with Crippen LogP contribution in [0.5, 0.6) is 0 Å². The number of hydrogen-bond acceptors (Lipinski definition) is 1. The van der Waals surface area contributed by atoms with E-state index in [0.29, 0.717) is 6.04 Å². The highest BCUT2D eigenvalue weighted by molar-refractivity contribution is 9.10. The lowest BCUT2D eigenvalue weighted by Crippen LogP contribution is -2.30. The van der Waals surface area contributed by atoms with Gasteiger partial charge in [0.2, 0.25) is 0 Å². The van der Waals surface area contributed by atoms with Gasteiger partial charge in [0.1, 0.15) is 0 Å². The van der Waals surface area contributed by atoms with E-state index in [1.54, 1.807) is 0 Å². The van der Waals surface area contributed by atoms with Gasteiger partial charge in [-0.05, 0) is 50.4 Å². The molecular weight excluding hydrogens is 274 g/mol. The molecule has 1 N–H and O–H groups in total. The van der Waals surface area contributed by atoms with Gasteiger partial charge >= 0.3 is 0 Å². The average Bonchev–Trinajstić information content (AvgIpc) is 2.29. The predicted octanol–water partition coefficient (Wildman–Crippen LogP) is 4.33. The van der Waals surface area contributed by atoms with Crippen LogP contribution in [0.2, 0.25) is 0 Å². The fourth-order valence-corrected chi connectivity index (χ4v) is 2.15. The number of benzene rings is 1. The number of allylic oxidation sites excluding steroid dienone is 1. The van der Waals surface area contributed by atoms with Crippen molar-refractivity contribution in [2.45, 2.75) is 39.2 Å². The second-order valence-electron chi connectivity index (χ2n) is 4.58. The highest BCUT2D eigenvalue weighted by atomic mass is 79.9. The normalized spacial score (nSPS) is 12.4. The van der Waals surface area contributed by atoms with Gasteiger partial charge in [-0.3, -0.25) is 0 Å². The molecule has 1 aromatic rings. The first-order valence-electron chi connectivity index (χ1n) is 6.24. The Morgan fingerprint density at radius 1 is 1.35 bits per heavy atom. The van der Waals surface area contributed by atoms with E-state index in [-0.39, 0.29) is 0 Å². The van der Waals surface area contributed by atoms with Crippen molar-refractivity contribution >= 4 is 15.9 Å². The van der Waals surface area contributed by atoms with E-state index in [1.165, 1.54) is 17.6 Å². The van der Waals surface area contributed by atoms with Crippen molar-refractivity contribution in [1.82, 2.24) is 5.32 Å². The second kappa shape index (κ2) is 7.67. The summed E-state index contributed by atoms with van der Waals surface area (Å²) in [5.41, 5.74) is 2.66. The Morgan fingerprint density at radius 2 is 2.00 bits per heavy atom. The zero-order valence-corrected chi connectivity index (χ0v) is 12.4. The molecule has 1 nitrogen and oxygen atoms in total. The Labute approximate surface area is 113 Å². The van der Waals surface area contributed by atoms with Crippen LogP contribution >= 0.6 is 15.9 Å². The molecule has 1 atom stereocenters. The lowest BCUT2D eigenvalue weighted by atomic mass is 10.00. The summed E-state index contributed by atoms with van der Waals surface area (Å²) in [4.78, 5) is 0. The van der Waals surface area contributed by atoms with Crippen LogP contribution < -0.4 is 5.32 Å². The standard InChI is InChI=1S/C15H22BrN/c1-4-17-15(10-5-12(2)3)11-13-6-8-14(16)9-7-13/h6-9,15,17H,2,4-5,10-11H2,1,3H3. The molecule has 0 spiro atoms. The molecule has 0 aromatic heterocycles. The molecule has 1 rings (SSSR count). The first-order valence-corrected chi connectivity index (χ1v) is 7.03. The lowest BCUT2D eigenvalue weighted by Gasteiger charge is -2.18. The predicted molar refractivity (Wildman–Crippen MR) is 79.4 cm³/mol. The number of likely N-dealkylation sites (N-methyl/N-ethyl adjacent to an activating group) is 1. The van der Waals surface area contributed by atoms with Crippen molar-refractivity contribution < 1.29 is 0 Å². The fraction of sp³-hybridized carbons (Fsp3) is 0.467. The quantitative estimate of drug-likeness (QED) is 0.739. The fourth-order valence-electron chi connectivity index (χ4n) is 1.89. The minimum atomic E-state index is 0.554. The maximum Gasteiger partial charge on any atom is 0.0175 e. The van der Waals surface area contributed by atoms with Crippen molar-refractivity contribution in [3.8, 4) is 0 Å². The molecule has 94 valence electrons. The van der Waals surface area contributed by atoms with Gasteiger partial charge < -0.3 is 5.32 Å². The van der Waals surface area contributed by atoms with Crippen LogP contribution in [0, 0.1) is 0 Å². The van der Waals surface area contributed by atoms with Gasteiger partial charge in [0.05, 0.1) is 0 Å². The van der Waals surface area contributed by atoms with Crippen molar-refractivity contribution in [3.05, 3.63) is 46.5 Å². The molecular formula is C15H22BrN. The average molecular weight is 296 g/mol. The number of halogens is 1.